The maximum Gasteiger partial charge on any atom is 0.310 e. The molecule has 0 aromatic heterocycles. The van der Waals surface area contributed by atoms with Crippen LogP contribution in [0, 0.1) is 0 Å². The van der Waals surface area contributed by atoms with Crippen molar-refractivity contribution in [1.82, 2.24) is 9.21 Å². The van der Waals surface area contributed by atoms with Crippen LogP contribution in [0.15, 0.2) is 77.7 Å². The molecule has 4 rings (SSSR count). The molecule has 1 aliphatic rings. The fourth-order valence-corrected chi connectivity index (χ4v) is 5.16. The lowest BCUT2D eigenvalue weighted by Crippen LogP contribution is -2.51. The van der Waals surface area contributed by atoms with Crippen molar-refractivity contribution in [3.8, 4) is 0 Å². The molecular formula is C24H24N2O5S. The van der Waals surface area contributed by atoms with Gasteiger partial charge in [-0.3, -0.25) is 9.59 Å². The molecule has 166 valence electrons. The molecule has 1 amide bonds. The van der Waals surface area contributed by atoms with Crippen molar-refractivity contribution in [2.24, 2.45) is 0 Å². The Balaban J connectivity index is 1.30. The smallest absolute Gasteiger partial charge is 0.310 e. The number of carbonyl (C=O) groups excluding carboxylic acids is 2. The molecule has 0 bridgehead atoms. The average Bonchev–Trinajstić information content (AvgIpc) is 2.83. The zero-order valence-electron chi connectivity index (χ0n) is 17.5. The monoisotopic (exact) mass is 452 g/mol. The summed E-state index contributed by atoms with van der Waals surface area (Å²) in [4.78, 5) is 26.1. The van der Waals surface area contributed by atoms with Crippen LogP contribution in [0.2, 0.25) is 0 Å². The predicted molar refractivity (Wildman–Crippen MR) is 120 cm³/mol. The van der Waals surface area contributed by atoms with Gasteiger partial charge in [-0.2, -0.15) is 4.31 Å². The molecule has 8 heteroatoms. The highest BCUT2D eigenvalue weighted by atomic mass is 32.2. The molecule has 32 heavy (non-hydrogen) atoms. The van der Waals surface area contributed by atoms with Gasteiger partial charge in [0.05, 0.1) is 11.3 Å². The van der Waals surface area contributed by atoms with Crippen molar-refractivity contribution in [1.29, 1.82) is 0 Å². The number of nitrogens with zero attached hydrogens (tertiary/aromatic N) is 2. The maximum atomic E-state index is 13.0. The largest absolute Gasteiger partial charge is 0.455 e. The normalized spacial score (nSPS) is 14.9. The second-order valence-corrected chi connectivity index (χ2v) is 9.55. The van der Waals surface area contributed by atoms with Gasteiger partial charge in [0.25, 0.3) is 5.91 Å². The van der Waals surface area contributed by atoms with Crippen LogP contribution in [0.3, 0.4) is 0 Å². The molecule has 0 atom stereocenters. The van der Waals surface area contributed by atoms with E-state index in [-0.39, 0.29) is 50.0 Å². The number of piperazine rings is 1. The predicted octanol–water partition coefficient (Wildman–Crippen LogP) is 2.46. The van der Waals surface area contributed by atoms with Crippen LogP contribution >= 0.6 is 0 Å². The molecule has 0 N–H and O–H groups in total. The number of hydrogen-bond donors (Lipinski definition) is 0. The molecular weight excluding hydrogens is 428 g/mol. The highest BCUT2D eigenvalue weighted by Crippen LogP contribution is 2.22. The van der Waals surface area contributed by atoms with Gasteiger partial charge in [0.1, 0.15) is 0 Å². The summed E-state index contributed by atoms with van der Waals surface area (Å²) in [7, 11) is -3.65. The zero-order chi connectivity index (χ0) is 22.6. The second-order valence-electron chi connectivity index (χ2n) is 7.62. The van der Waals surface area contributed by atoms with Gasteiger partial charge >= 0.3 is 5.97 Å². The van der Waals surface area contributed by atoms with Crippen molar-refractivity contribution in [3.63, 3.8) is 0 Å². The van der Waals surface area contributed by atoms with Crippen molar-refractivity contribution >= 4 is 32.7 Å². The minimum atomic E-state index is -3.65. The van der Waals surface area contributed by atoms with Gasteiger partial charge in [-0.25, -0.2) is 8.42 Å². The standard InChI is InChI=1S/C24H24N2O5S/c27-23(18-31-24(28)16-19-6-2-1-3-7-19)25-12-14-26(15-13-25)32(29,30)22-11-10-20-8-4-5-9-21(20)17-22/h1-11,17H,12-16,18H2. The van der Waals surface area contributed by atoms with Gasteiger partial charge in [0, 0.05) is 26.2 Å². The van der Waals surface area contributed by atoms with E-state index in [1.54, 1.807) is 18.2 Å². The first-order valence-electron chi connectivity index (χ1n) is 10.4. The maximum absolute atomic E-state index is 13.0. The van der Waals surface area contributed by atoms with Gasteiger partial charge in [-0.1, -0.05) is 60.7 Å². The Kier molecular flexibility index (Phi) is 6.53. The lowest BCUT2D eigenvalue weighted by molar-refractivity contribution is -0.152. The van der Waals surface area contributed by atoms with E-state index in [0.29, 0.717) is 0 Å². The number of amides is 1. The summed E-state index contributed by atoms with van der Waals surface area (Å²) in [5.74, 6) is -0.795. The van der Waals surface area contributed by atoms with Crippen molar-refractivity contribution in [3.05, 3.63) is 78.4 Å². The molecule has 3 aromatic carbocycles. The quantitative estimate of drug-likeness (QED) is 0.537. The fraction of sp³-hybridized carbons (Fsp3) is 0.250. The zero-order valence-corrected chi connectivity index (χ0v) is 18.3. The summed E-state index contributed by atoms with van der Waals surface area (Å²) in [6.07, 6.45) is 0.103. The molecule has 3 aromatic rings. The van der Waals surface area contributed by atoms with Gasteiger partial charge in [-0.05, 0) is 28.5 Å². The molecule has 1 fully saturated rings. The highest BCUT2D eigenvalue weighted by Gasteiger charge is 2.30. The fourth-order valence-electron chi connectivity index (χ4n) is 3.70. The molecule has 7 nitrogen and oxygen atoms in total. The number of hydrogen-bond acceptors (Lipinski definition) is 5. The van der Waals surface area contributed by atoms with E-state index in [2.05, 4.69) is 0 Å². The SMILES string of the molecule is O=C(Cc1ccccc1)OCC(=O)N1CCN(S(=O)(=O)c2ccc3ccccc3c2)CC1. The second kappa shape index (κ2) is 9.50. The van der Waals surface area contributed by atoms with Gasteiger partial charge in [-0.15, -0.1) is 0 Å². The summed E-state index contributed by atoms with van der Waals surface area (Å²) in [5, 5.41) is 1.84. The summed E-state index contributed by atoms with van der Waals surface area (Å²) in [6, 6.07) is 21.8. The van der Waals surface area contributed by atoms with E-state index < -0.39 is 16.0 Å². The number of esters is 1. The topological polar surface area (TPSA) is 84.0 Å². The number of ether oxygens (including phenoxy) is 1. The Morgan fingerprint density at radius 3 is 2.19 bits per heavy atom. The molecule has 0 spiro atoms. The van der Waals surface area contributed by atoms with Gasteiger partial charge < -0.3 is 9.64 Å². The third-order valence-corrected chi connectivity index (χ3v) is 7.39. The lowest BCUT2D eigenvalue weighted by Gasteiger charge is -2.33. The molecule has 0 saturated carbocycles. The van der Waals surface area contributed by atoms with Crippen LogP contribution in [0.25, 0.3) is 10.8 Å². The first kappa shape index (κ1) is 22.0. The molecule has 0 radical (unpaired) electrons. The number of benzene rings is 3. The summed E-state index contributed by atoms with van der Waals surface area (Å²) < 4.78 is 32.6. The van der Waals surface area contributed by atoms with E-state index in [9.17, 15) is 18.0 Å². The first-order valence-corrected chi connectivity index (χ1v) is 11.8. The lowest BCUT2D eigenvalue weighted by atomic mass is 10.1. The Morgan fingerprint density at radius 1 is 0.812 bits per heavy atom. The molecule has 0 aliphatic carbocycles. The summed E-state index contributed by atoms with van der Waals surface area (Å²) in [5.41, 5.74) is 0.817. The molecule has 1 aliphatic heterocycles. The van der Waals surface area contributed by atoms with E-state index in [4.69, 9.17) is 4.74 Å². The van der Waals surface area contributed by atoms with E-state index >= 15 is 0 Å². The van der Waals surface area contributed by atoms with Crippen molar-refractivity contribution < 1.29 is 22.7 Å². The Morgan fingerprint density at radius 2 is 1.47 bits per heavy atom. The number of rotatable bonds is 6. The number of fused-ring (bicyclic) bond motifs is 1. The van der Waals surface area contributed by atoms with Gasteiger partial charge in [0.2, 0.25) is 10.0 Å². The van der Waals surface area contributed by atoms with Crippen LogP contribution < -0.4 is 0 Å². The molecule has 0 unspecified atom stereocenters. The van der Waals surface area contributed by atoms with Crippen LogP contribution in [-0.4, -0.2) is 62.3 Å². The van der Waals surface area contributed by atoms with Crippen LogP contribution in [0.1, 0.15) is 5.56 Å². The summed E-state index contributed by atoms with van der Waals surface area (Å²) >= 11 is 0. The van der Waals surface area contributed by atoms with Crippen LogP contribution in [0.5, 0.6) is 0 Å². The molecule has 1 saturated heterocycles. The minimum Gasteiger partial charge on any atom is -0.455 e. The highest BCUT2D eigenvalue weighted by molar-refractivity contribution is 7.89. The minimum absolute atomic E-state index is 0.103. The Labute approximate surface area is 187 Å². The van der Waals surface area contributed by atoms with Gasteiger partial charge in [0.15, 0.2) is 6.61 Å². The van der Waals surface area contributed by atoms with Crippen LogP contribution in [0.4, 0.5) is 0 Å². The summed E-state index contributed by atoms with van der Waals surface area (Å²) in [6.45, 7) is 0.546. The Hall–Kier alpha value is -3.23. The van der Waals surface area contributed by atoms with E-state index in [0.717, 1.165) is 16.3 Å². The number of sulfonamides is 1. The third-order valence-electron chi connectivity index (χ3n) is 5.50. The Bertz CT molecular complexity index is 1220. The molecule has 1 heterocycles. The van der Waals surface area contributed by atoms with E-state index in [1.807, 2.05) is 54.6 Å². The van der Waals surface area contributed by atoms with Crippen LogP contribution in [-0.2, 0) is 30.8 Å². The average molecular weight is 453 g/mol. The third kappa shape index (κ3) is 4.98. The van der Waals surface area contributed by atoms with Crippen molar-refractivity contribution in [2.45, 2.75) is 11.3 Å². The van der Waals surface area contributed by atoms with Crippen molar-refractivity contribution in [2.75, 3.05) is 32.8 Å². The first-order chi connectivity index (χ1) is 15.4. The van der Waals surface area contributed by atoms with E-state index in [1.165, 1.54) is 9.21 Å². The number of carbonyl (C=O) groups is 2.